The Kier molecular flexibility index (Phi) is 6.88. The molecular weight excluding hydrogens is 573 g/mol. The first-order chi connectivity index (χ1) is 18.7. The summed E-state index contributed by atoms with van der Waals surface area (Å²) in [5.41, 5.74) is 0. The number of nitrogens with zero attached hydrogens (tertiary/aromatic N) is 7. The average molecular weight is 597 g/mol. The molecule has 0 aromatic carbocycles. The van der Waals surface area contributed by atoms with Gasteiger partial charge < -0.3 is 19.7 Å². The van der Waals surface area contributed by atoms with Crippen molar-refractivity contribution < 1.29 is 18.0 Å². The molecule has 2 aliphatic rings. The number of halogens is 4. The fourth-order valence-electron chi connectivity index (χ4n) is 5.00. The Morgan fingerprint density at radius 2 is 2.00 bits per heavy atom. The second-order valence-electron chi connectivity index (χ2n) is 9.55. The number of hydrogen-bond acceptors (Lipinski definition) is 9. The number of alkyl halides is 3. The van der Waals surface area contributed by atoms with Crippen molar-refractivity contribution in [3.63, 3.8) is 0 Å². The topological polar surface area (TPSA) is 92.1 Å². The quantitative estimate of drug-likeness (QED) is 0.335. The lowest BCUT2D eigenvalue weighted by atomic mass is 10.2. The molecule has 1 amide bonds. The fourth-order valence-corrected chi connectivity index (χ4v) is 7.06. The standard InChI is InChI=1S/C24H24ClF3N8OS2/c1-2-3-14-10-15-19(34-8-9-36-18(12-34)32-33-22(36)24(26,27)28)30-23(31-21(15)38-14)35-7-6-13(11-35)29-20(37)16-4-5-17(25)39-16/h4-5,10,13H,2-3,6-9,11-12H2,1H3,(H,29,37)/t13-/m0/s1. The molecule has 1 saturated heterocycles. The van der Waals surface area contributed by atoms with Crippen LogP contribution in [0.1, 0.15) is 46.0 Å². The first kappa shape index (κ1) is 26.3. The summed E-state index contributed by atoms with van der Waals surface area (Å²) in [6.45, 7) is 3.93. The molecule has 0 aliphatic carbocycles. The van der Waals surface area contributed by atoms with Gasteiger partial charge in [-0.15, -0.1) is 32.9 Å². The highest BCUT2D eigenvalue weighted by atomic mass is 35.5. The maximum atomic E-state index is 13.4. The highest BCUT2D eigenvalue weighted by molar-refractivity contribution is 7.18. The number of carbonyl (C=O) groups excluding carboxylic acids is 1. The summed E-state index contributed by atoms with van der Waals surface area (Å²) < 4.78 is 41.8. The van der Waals surface area contributed by atoms with E-state index in [0.717, 1.165) is 34.0 Å². The molecule has 2 aliphatic heterocycles. The SMILES string of the molecule is CCCc1cc2c(N3CCn4c(nnc4C(F)(F)F)C3)nc(N3CC[C@H](NC(=O)c4ccc(Cl)s4)C3)nc2s1. The third-order valence-corrected chi connectivity index (χ3v) is 9.14. The average Bonchev–Trinajstić information content (AvgIpc) is 3.68. The first-order valence-corrected chi connectivity index (χ1v) is 14.6. The fraction of sp³-hybridized carbons (Fsp3) is 0.458. The van der Waals surface area contributed by atoms with Crippen LogP contribution in [0.3, 0.4) is 0 Å². The minimum atomic E-state index is -4.55. The highest BCUT2D eigenvalue weighted by Crippen LogP contribution is 2.36. The second kappa shape index (κ2) is 10.2. The maximum absolute atomic E-state index is 13.4. The van der Waals surface area contributed by atoms with Crippen molar-refractivity contribution in [3.05, 3.63) is 43.9 Å². The second-order valence-corrected chi connectivity index (χ2v) is 12.4. The third kappa shape index (κ3) is 5.16. The molecule has 4 aromatic rings. The van der Waals surface area contributed by atoms with Gasteiger partial charge in [-0.3, -0.25) is 4.79 Å². The van der Waals surface area contributed by atoms with Crippen LogP contribution in [0.2, 0.25) is 4.34 Å². The van der Waals surface area contributed by atoms with Crippen LogP contribution in [0.5, 0.6) is 0 Å². The first-order valence-electron chi connectivity index (χ1n) is 12.6. The number of fused-ring (bicyclic) bond motifs is 2. The van der Waals surface area contributed by atoms with E-state index in [9.17, 15) is 18.0 Å². The van der Waals surface area contributed by atoms with E-state index in [0.29, 0.717) is 40.6 Å². The number of carbonyl (C=O) groups is 1. The number of aromatic nitrogens is 5. The molecule has 206 valence electrons. The number of rotatable bonds is 6. The van der Waals surface area contributed by atoms with E-state index in [-0.39, 0.29) is 30.9 Å². The van der Waals surface area contributed by atoms with Crippen LogP contribution in [-0.2, 0) is 25.7 Å². The molecule has 15 heteroatoms. The molecule has 39 heavy (non-hydrogen) atoms. The Hall–Kier alpha value is -2.97. The van der Waals surface area contributed by atoms with Crippen molar-refractivity contribution in [2.45, 2.75) is 51.5 Å². The third-order valence-electron chi connectivity index (χ3n) is 6.82. The zero-order valence-corrected chi connectivity index (χ0v) is 23.2. The Morgan fingerprint density at radius 3 is 2.74 bits per heavy atom. The van der Waals surface area contributed by atoms with Crippen molar-refractivity contribution in [2.24, 2.45) is 0 Å². The lowest BCUT2D eigenvalue weighted by molar-refractivity contribution is -0.147. The molecule has 6 heterocycles. The molecule has 0 bridgehead atoms. The Bertz CT molecular complexity index is 1530. The minimum absolute atomic E-state index is 0.0746. The van der Waals surface area contributed by atoms with Gasteiger partial charge in [0.15, 0.2) is 5.82 Å². The minimum Gasteiger partial charge on any atom is -0.347 e. The van der Waals surface area contributed by atoms with Gasteiger partial charge in [-0.1, -0.05) is 24.9 Å². The van der Waals surface area contributed by atoms with E-state index < -0.39 is 12.0 Å². The number of amides is 1. The molecule has 0 spiro atoms. The van der Waals surface area contributed by atoms with Crippen molar-refractivity contribution in [2.75, 3.05) is 29.4 Å². The van der Waals surface area contributed by atoms with E-state index in [1.165, 1.54) is 16.2 Å². The molecule has 0 radical (unpaired) electrons. The van der Waals surface area contributed by atoms with Gasteiger partial charge in [0.2, 0.25) is 11.8 Å². The molecule has 0 saturated carbocycles. The zero-order chi connectivity index (χ0) is 27.3. The summed E-state index contributed by atoms with van der Waals surface area (Å²) in [5, 5.41) is 11.2. The van der Waals surface area contributed by atoms with Gasteiger partial charge in [0.25, 0.3) is 5.91 Å². The molecule has 6 rings (SSSR count). The summed E-state index contributed by atoms with van der Waals surface area (Å²) >= 11 is 8.82. The molecule has 1 N–H and O–H groups in total. The number of hydrogen-bond donors (Lipinski definition) is 1. The van der Waals surface area contributed by atoms with Gasteiger partial charge in [-0.2, -0.15) is 18.2 Å². The lowest BCUT2D eigenvalue weighted by Gasteiger charge is -2.30. The Morgan fingerprint density at radius 1 is 1.15 bits per heavy atom. The van der Waals surface area contributed by atoms with Crippen molar-refractivity contribution >= 4 is 62.2 Å². The largest absolute Gasteiger partial charge is 0.451 e. The molecule has 4 aromatic heterocycles. The van der Waals surface area contributed by atoms with E-state index in [4.69, 9.17) is 21.6 Å². The van der Waals surface area contributed by atoms with Crippen molar-refractivity contribution in [1.82, 2.24) is 30.0 Å². The van der Waals surface area contributed by atoms with E-state index >= 15 is 0 Å². The number of aryl methyl sites for hydroxylation is 1. The maximum Gasteiger partial charge on any atom is 0.451 e. The molecule has 1 atom stereocenters. The monoisotopic (exact) mass is 596 g/mol. The van der Waals surface area contributed by atoms with E-state index in [2.05, 4.69) is 28.5 Å². The zero-order valence-electron chi connectivity index (χ0n) is 20.8. The summed E-state index contributed by atoms with van der Waals surface area (Å²) in [5.74, 6) is 0.345. The van der Waals surface area contributed by atoms with Gasteiger partial charge >= 0.3 is 6.18 Å². The van der Waals surface area contributed by atoms with Crippen LogP contribution in [0, 0.1) is 0 Å². The Balaban J connectivity index is 1.27. The lowest BCUT2D eigenvalue weighted by Crippen LogP contribution is -2.37. The van der Waals surface area contributed by atoms with E-state index in [1.54, 1.807) is 23.5 Å². The van der Waals surface area contributed by atoms with Crippen LogP contribution >= 0.6 is 34.3 Å². The molecule has 1 fully saturated rings. The predicted octanol–water partition coefficient (Wildman–Crippen LogP) is 5.00. The van der Waals surface area contributed by atoms with Crippen LogP contribution in [0.15, 0.2) is 18.2 Å². The van der Waals surface area contributed by atoms with Crippen molar-refractivity contribution in [1.29, 1.82) is 0 Å². The van der Waals surface area contributed by atoms with Crippen LogP contribution in [-0.4, -0.2) is 56.3 Å². The number of anilines is 2. The number of thiophene rings is 2. The molecule has 0 unspecified atom stereocenters. The van der Waals surface area contributed by atoms with Crippen molar-refractivity contribution in [3.8, 4) is 0 Å². The van der Waals surface area contributed by atoms with Gasteiger partial charge in [-0.25, -0.2) is 4.98 Å². The van der Waals surface area contributed by atoms with Gasteiger partial charge in [0, 0.05) is 37.1 Å². The molecular formula is C24H24ClF3N8OS2. The van der Waals surface area contributed by atoms with Crippen LogP contribution < -0.4 is 15.1 Å². The summed E-state index contributed by atoms with van der Waals surface area (Å²) in [6.07, 6.45) is -1.93. The van der Waals surface area contributed by atoms with E-state index in [1.807, 2.05) is 9.80 Å². The van der Waals surface area contributed by atoms with Gasteiger partial charge in [0.1, 0.15) is 10.6 Å². The Labute approximate surface area is 234 Å². The number of nitrogens with one attached hydrogen (secondary N) is 1. The highest BCUT2D eigenvalue weighted by Gasteiger charge is 2.40. The normalized spacial score (nSPS) is 17.7. The van der Waals surface area contributed by atoms with Crippen LogP contribution in [0.25, 0.3) is 10.2 Å². The summed E-state index contributed by atoms with van der Waals surface area (Å²) in [6, 6.07) is 5.42. The van der Waals surface area contributed by atoms with Gasteiger partial charge in [0.05, 0.1) is 21.1 Å². The molecule has 9 nitrogen and oxygen atoms in total. The summed E-state index contributed by atoms with van der Waals surface area (Å²) in [7, 11) is 0. The summed E-state index contributed by atoms with van der Waals surface area (Å²) in [4.78, 5) is 29.0. The van der Waals surface area contributed by atoms with Crippen LogP contribution in [0.4, 0.5) is 24.9 Å². The smallest absolute Gasteiger partial charge is 0.347 e. The van der Waals surface area contributed by atoms with Gasteiger partial charge in [-0.05, 0) is 31.0 Å². The predicted molar refractivity (Wildman–Crippen MR) is 145 cm³/mol.